The SMILES string of the molecule is Cc1nn(CC(=O)NCCS)cc1Cl. The van der Waals surface area contributed by atoms with E-state index in [0.29, 0.717) is 17.3 Å². The third-order valence-electron chi connectivity index (χ3n) is 1.63. The van der Waals surface area contributed by atoms with Gasteiger partial charge in [-0.15, -0.1) is 0 Å². The van der Waals surface area contributed by atoms with Crippen LogP contribution >= 0.6 is 24.2 Å². The highest BCUT2D eigenvalue weighted by Crippen LogP contribution is 2.11. The minimum Gasteiger partial charge on any atom is -0.354 e. The van der Waals surface area contributed by atoms with E-state index in [0.717, 1.165) is 5.69 Å². The lowest BCUT2D eigenvalue weighted by Crippen LogP contribution is -2.29. The molecule has 6 heteroatoms. The summed E-state index contributed by atoms with van der Waals surface area (Å²) in [6, 6.07) is 0. The average Bonchev–Trinajstić information content (AvgIpc) is 2.42. The summed E-state index contributed by atoms with van der Waals surface area (Å²) in [7, 11) is 0. The van der Waals surface area contributed by atoms with Crippen molar-refractivity contribution in [2.75, 3.05) is 12.3 Å². The molecule has 1 aromatic rings. The van der Waals surface area contributed by atoms with E-state index in [1.54, 1.807) is 13.1 Å². The van der Waals surface area contributed by atoms with Crippen molar-refractivity contribution in [2.45, 2.75) is 13.5 Å². The van der Waals surface area contributed by atoms with Crippen molar-refractivity contribution in [2.24, 2.45) is 0 Å². The topological polar surface area (TPSA) is 46.9 Å². The molecule has 4 nitrogen and oxygen atoms in total. The van der Waals surface area contributed by atoms with Gasteiger partial charge in [0.25, 0.3) is 0 Å². The van der Waals surface area contributed by atoms with Gasteiger partial charge in [-0.1, -0.05) is 11.6 Å². The van der Waals surface area contributed by atoms with Crippen molar-refractivity contribution in [1.82, 2.24) is 15.1 Å². The number of nitrogens with one attached hydrogen (secondary N) is 1. The zero-order valence-corrected chi connectivity index (χ0v) is 9.48. The highest BCUT2D eigenvalue weighted by atomic mass is 35.5. The maximum absolute atomic E-state index is 11.2. The molecule has 14 heavy (non-hydrogen) atoms. The number of halogens is 1. The molecule has 1 amide bonds. The Hall–Kier alpha value is -0.680. The molecule has 0 atom stereocenters. The van der Waals surface area contributed by atoms with Gasteiger partial charge in [-0.05, 0) is 6.92 Å². The second kappa shape index (κ2) is 5.26. The van der Waals surface area contributed by atoms with E-state index >= 15 is 0 Å². The Bertz CT molecular complexity index is 307. The Morgan fingerprint density at radius 1 is 1.79 bits per heavy atom. The summed E-state index contributed by atoms with van der Waals surface area (Å²) in [5.41, 5.74) is 0.730. The van der Waals surface area contributed by atoms with Crippen molar-refractivity contribution in [1.29, 1.82) is 0 Å². The van der Waals surface area contributed by atoms with E-state index in [-0.39, 0.29) is 12.5 Å². The van der Waals surface area contributed by atoms with Crippen molar-refractivity contribution in [3.8, 4) is 0 Å². The number of thiol groups is 1. The lowest BCUT2D eigenvalue weighted by Gasteiger charge is -2.02. The van der Waals surface area contributed by atoms with Crippen LogP contribution in [0.3, 0.4) is 0 Å². The monoisotopic (exact) mass is 233 g/mol. The summed E-state index contributed by atoms with van der Waals surface area (Å²) in [5.74, 6) is 0.545. The second-order valence-corrected chi connectivity index (χ2v) is 3.69. The molecule has 0 saturated heterocycles. The summed E-state index contributed by atoms with van der Waals surface area (Å²) in [6.45, 7) is 2.56. The van der Waals surface area contributed by atoms with E-state index in [9.17, 15) is 4.79 Å². The molecule has 0 fully saturated rings. The van der Waals surface area contributed by atoms with E-state index in [1.807, 2.05) is 0 Å². The Morgan fingerprint density at radius 3 is 3.00 bits per heavy atom. The van der Waals surface area contributed by atoms with Gasteiger partial charge in [0, 0.05) is 18.5 Å². The molecule has 0 radical (unpaired) electrons. The molecule has 1 heterocycles. The molecular weight excluding hydrogens is 222 g/mol. The standard InChI is InChI=1S/C8H12ClN3OS/c1-6-7(9)4-12(11-6)5-8(13)10-2-3-14/h4,14H,2-3,5H2,1H3,(H,10,13). The van der Waals surface area contributed by atoms with Gasteiger partial charge in [-0.3, -0.25) is 9.48 Å². The Labute approximate surface area is 93.0 Å². The van der Waals surface area contributed by atoms with Gasteiger partial charge in [0.05, 0.1) is 10.7 Å². The largest absolute Gasteiger partial charge is 0.354 e. The van der Waals surface area contributed by atoms with E-state index in [2.05, 4.69) is 23.0 Å². The van der Waals surface area contributed by atoms with Gasteiger partial charge in [-0.25, -0.2) is 0 Å². The quantitative estimate of drug-likeness (QED) is 0.759. The molecule has 0 aliphatic rings. The first kappa shape index (κ1) is 11.4. The van der Waals surface area contributed by atoms with Crippen molar-refractivity contribution in [3.63, 3.8) is 0 Å². The fourth-order valence-corrected chi connectivity index (χ4v) is 1.24. The van der Waals surface area contributed by atoms with Crippen molar-refractivity contribution >= 4 is 30.1 Å². The predicted molar refractivity (Wildman–Crippen MR) is 58.8 cm³/mol. The predicted octanol–water partition coefficient (Wildman–Crippen LogP) is 0.891. The van der Waals surface area contributed by atoms with Crippen LogP contribution in [0.4, 0.5) is 0 Å². The summed E-state index contributed by atoms with van der Waals surface area (Å²) >= 11 is 9.77. The first-order valence-corrected chi connectivity index (χ1v) is 5.21. The molecular formula is C8H12ClN3OS. The van der Waals surface area contributed by atoms with Crippen LogP contribution in [-0.4, -0.2) is 28.0 Å². The molecule has 0 aliphatic heterocycles. The van der Waals surface area contributed by atoms with Crippen LogP contribution in [-0.2, 0) is 11.3 Å². The first-order valence-electron chi connectivity index (χ1n) is 4.20. The van der Waals surface area contributed by atoms with Crippen LogP contribution in [0.15, 0.2) is 6.20 Å². The number of carbonyl (C=O) groups excluding carboxylic acids is 1. The summed E-state index contributed by atoms with van der Waals surface area (Å²) in [4.78, 5) is 11.2. The average molecular weight is 234 g/mol. The van der Waals surface area contributed by atoms with Crippen molar-refractivity contribution < 1.29 is 4.79 Å². The molecule has 0 unspecified atom stereocenters. The lowest BCUT2D eigenvalue weighted by molar-refractivity contribution is -0.121. The van der Waals surface area contributed by atoms with Gasteiger partial charge in [0.15, 0.2) is 0 Å². The zero-order chi connectivity index (χ0) is 10.6. The van der Waals surface area contributed by atoms with Crippen LogP contribution in [0.5, 0.6) is 0 Å². The number of aryl methyl sites for hydroxylation is 1. The number of hydrogen-bond donors (Lipinski definition) is 2. The molecule has 0 bridgehead atoms. The fourth-order valence-electron chi connectivity index (χ4n) is 0.973. The van der Waals surface area contributed by atoms with E-state index in [1.165, 1.54) is 4.68 Å². The third-order valence-corrected chi connectivity index (χ3v) is 2.22. The van der Waals surface area contributed by atoms with E-state index < -0.39 is 0 Å². The Morgan fingerprint density at radius 2 is 2.50 bits per heavy atom. The summed E-state index contributed by atoms with van der Waals surface area (Å²) in [5, 5.41) is 7.33. The fraction of sp³-hybridized carbons (Fsp3) is 0.500. The number of nitrogens with zero attached hydrogens (tertiary/aromatic N) is 2. The normalized spacial score (nSPS) is 10.2. The molecule has 0 aliphatic carbocycles. The number of carbonyl (C=O) groups is 1. The zero-order valence-electron chi connectivity index (χ0n) is 7.83. The molecule has 0 aromatic carbocycles. The maximum atomic E-state index is 11.2. The van der Waals surface area contributed by atoms with Crippen molar-refractivity contribution in [3.05, 3.63) is 16.9 Å². The van der Waals surface area contributed by atoms with Crippen LogP contribution in [0.1, 0.15) is 5.69 Å². The molecule has 1 aromatic heterocycles. The second-order valence-electron chi connectivity index (χ2n) is 2.83. The van der Waals surface area contributed by atoms with Gasteiger partial charge in [0.2, 0.25) is 5.91 Å². The third kappa shape index (κ3) is 3.23. The van der Waals surface area contributed by atoms with Crippen LogP contribution in [0.2, 0.25) is 5.02 Å². The minimum atomic E-state index is -0.0850. The molecule has 1 N–H and O–H groups in total. The minimum absolute atomic E-state index is 0.0850. The van der Waals surface area contributed by atoms with Crippen LogP contribution in [0.25, 0.3) is 0 Å². The summed E-state index contributed by atoms with van der Waals surface area (Å²) in [6.07, 6.45) is 1.64. The molecule has 0 spiro atoms. The Kier molecular flexibility index (Phi) is 4.28. The van der Waals surface area contributed by atoms with Gasteiger partial charge in [-0.2, -0.15) is 17.7 Å². The molecule has 1 rings (SSSR count). The van der Waals surface area contributed by atoms with Gasteiger partial charge < -0.3 is 5.32 Å². The number of hydrogen-bond acceptors (Lipinski definition) is 3. The first-order chi connectivity index (χ1) is 6.63. The highest BCUT2D eigenvalue weighted by Gasteiger charge is 2.05. The highest BCUT2D eigenvalue weighted by molar-refractivity contribution is 7.80. The molecule has 78 valence electrons. The maximum Gasteiger partial charge on any atom is 0.241 e. The number of aromatic nitrogens is 2. The van der Waals surface area contributed by atoms with Gasteiger partial charge in [0.1, 0.15) is 6.54 Å². The summed E-state index contributed by atoms with van der Waals surface area (Å²) < 4.78 is 1.52. The van der Waals surface area contributed by atoms with E-state index in [4.69, 9.17) is 11.6 Å². The number of amides is 1. The van der Waals surface area contributed by atoms with Gasteiger partial charge >= 0.3 is 0 Å². The smallest absolute Gasteiger partial charge is 0.241 e. The van der Waals surface area contributed by atoms with Crippen LogP contribution in [0, 0.1) is 6.92 Å². The van der Waals surface area contributed by atoms with Crippen LogP contribution < -0.4 is 5.32 Å². The number of rotatable bonds is 4. The Balaban J connectivity index is 2.48. The molecule has 0 saturated carbocycles. The lowest BCUT2D eigenvalue weighted by atomic mass is 10.5.